The van der Waals surface area contributed by atoms with Gasteiger partial charge in [-0.2, -0.15) is 0 Å². The summed E-state index contributed by atoms with van der Waals surface area (Å²) in [7, 11) is 1.32. The van der Waals surface area contributed by atoms with Crippen LogP contribution in [0.3, 0.4) is 0 Å². The monoisotopic (exact) mass is 291 g/mol. The number of benzene rings is 2. The topological polar surface area (TPSA) is 38.3 Å². The number of hydrogen-bond acceptors (Lipinski definition) is 3. The number of carbonyl (C=O) groups excluding carboxylic acids is 1. The van der Waals surface area contributed by atoms with Crippen molar-refractivity contribution >= 4 is 11.7 Å². The average Bonchev–Trinajstić information content (AvgIpc) is 2.48. The van der Waals surface area contributed by atoms with Crippen molar-refractivity contribution in [2.24, 2.45) is 0 Å². The first kappa shape index (κ1) is 15.0. The van der Waals surface area contributed by atoms with Crippen molar-refractivity contribution < 1.29 is 18.3 Å². The van der Waals surface area contributed by atoms with Crippen LogP contribution in [-0.2, 0) is 22.5 Å². The van der Waals surface area contributed by atoms with Crippen molar-refractivity contribution in [1.29, 1.82) is 0 Å². The summed E-state index contributed by atoms with van der Waals surface area (Å²) < 4.78 is 31.7. The van der Waals surface area contributed by atoms with E-state index in [0.717, 1.165) is 11.1 Å². The maximum absolute atomic E-state index is 13.5. The summed E-state index contributed by atoms with van der Waals surface area (Å²) in [6, 6.07) is 10.9. The fraction of sp³-hybridized carbons (Fsp3) is 0.188. The molecule has 0 amide bonds. The first-order chi connectivity index (χ1) is 10.1. The molecule has 0 heterocycles. The molecule has 0 fully saturated rings. The lowest BCUT2D eigenvalue weighted by atomic mass is 10.0. The van der Waals surface area contributed by atoms with E-state index in [2.05, 4.69) is 10.1 Å². The molecule has 0 spiro atoms. The summed E-state index contributed by atoms with van der Waals surface area (Å²) in [5.74, 6) is -1.67. The second kappa shape index (κ2) is 6.83. The van der Waals surface area contributed by atoms with Gasteiger partial charge in [-0.25, -0.2) is 8.78 Å². The third kappa shape index (κ3) is 3.78. The normalized spacial score (nSPS) is 10.2. The lowest BCUT2D eigenvalue weighted by Crippen LogP contribution is -2.10. The molecule has 3 nitrogen and oxygen atoms in total. The minimum Gasteiger partial charge on any atom is -0.469 e. The number of ether oxygens (including phenoxy) is 1. The highest BCUT2D eigenvalue weighted by atomic mass is 19.1. The molecule has 0 atom stereocenters. The largest absolute Gasteiger partial charge is 0.469 e. The number of rotatable bonds is 5. The van der Waals surface area contributed by atoms with E-state index in [-0.39, 0.29) is 24.6 Å². The van der Waals surface area contributed by atoms with Crippen LogP contribution in [-0.4, -0.2) is 13.1 Å². The van der Waals surface area contributed by atoms with Gasteiger partial charge in [-0.05, 0) is 23.3 Å². The van der Waals surface area contributed by atoms with Crippen LogP contribution in [0.2, 0.25) is 0 Å². The zero-order valence-corrected chi connectivity index (χ0v) is 11.5. The first-order valence-electron chi connectivity index (χ1n) is 6.43. The zero-order valence-electron chi connectivity index (χ0n) is 11.5. The Balaban J connectivity index is 2.15. The quantitative estimate of drug-likeness (QED) is 0.859. The highest BCUT2D eigenvalue weighted by Gasteiger charge is 2.10. The maximum atomic E-state index is 13.5. The third-order valence-corrected chi connectivity index (χ3v) is 3.10. The van der Waals surface area contributed by atoms with Crippen LogP contribution < -0.4 is 5.32 Å². The highest BCUT2D eigenvalue weighted by Crippen LogP contribution is 2.20. The SMILES string of the molecule is COC(=O)Cc1ccccc1CNc1c(F)cccc1F. The summed E-state index contributed by atoms with van der Waals surface area (Å²) >= 11 is 0. The Morgan fingerprint density at radius 2 is 1.67 bits per heavy atom. The number of hydrogen-bond donors (Lipinski definition) is 1. The van der Waals surface area contributed by atoms with Gasteiger partial charge in [0.05, 0.1) is 13.5 Å². The van der Waals surface area contributed by atoms with E-state index in [1.165, 1.54) is 25.3 Å². The molecule has 110 valence electrons. The van der Waals surface area contributed by atoms with Crippen molar-refractivity contribution in [2.45, 2.75) is 13.0 Å². The highest BCUT2D eigenvalue weighted by molar-refractivity contribution is 5.73. The van der Waals surface area contributed by atoms with Gasteiger partial charge in [0.15, 0.2) is 0 Å². The first-order valence-corrected chi connectivity index (χ1v) is 6.43. The van der Waals surface area contributed by atoms with Crippen LogP contribution in [0.4, 0.5) is 14.5 Å². The van der Waals surface area contributed by atoms with Crippen LogP contribution in [0.15, 0.2) is 42.5 Å². The van der Waals surface area contributed by atoms with Gasteiger partial charge in [0, 0.05) is 6.54 Å². The summed E-state index contributed by atoms with van der Waals surface area (Å²) in [6.45, 7) is 0.213. The minimum atomic E-state index is -0.652. The molecular weight excluding hydrogens is 276 g/mol. The number of carbonyl (C=O) groups is 1. The Kier molecular flexibility index (Phi) is 4.87. The van der Waals surface area contributed by atoms with Gasteiger partial charge >= 0.3 is 5.97 Å². The second-order valence-electron chi connectivity index (χ2n) is 4.47. The molecule has 0 aliphatic carbocycles. The maximum Gasteiger partial charge on any atom is 0.309 e. The van der Waals surface area contributed by atoms with Gasteiger partial charge in [-0.15, -0.1) is 0 Å². The van der Waals surface area contributed by atoms with Crippen LogP contribution in [0.1, 0.15) is 11.1 Å². The van der Waals surface area contributed by atoms with Crippen LogP contribution in [0.25, 0.3) is 0 Å². The molecule has 1 N–H and O–H groups in total. The summed E-state index contributed by atoms with van der Waals surface area (Å²) in [5.41, 5.74) is 1.37. The predicted octanol–water partition coefficient (Wildman–Crippen LogP) is 3.29. The van der Waals surface area contributed by atoms with Gasteiger partial charge in [0.2, 0.25) is 0 Å². The van der Waals surface area contributed by atoms with E-state index in [1.54, 1.807) is 24.3 Å². The molecule has 21 heavy (non-hydrogen) atoms. The van der Waals surface area contributed by atoms with Gasteiger partial charge in [-0.1, -0.05) is 30.3 Å². The van der Waals surface area contributed by atoms with E-state index < -0.39 is 11.6 Å². The van der Waals surface area contributed by atoms with Crippen molar-refractivity contribution in [2.75, 3.05) is 12.4 Å². The number of esters is 1. The Hall–Kier alpha value is -2.43. The molecule has 2 aromatic rings. The van der Waals surface area contributed by atoms with Crippen LogP contribution in [0.5, 0.6) is 0 Å². The number of para-hydroxylation sites is 1. The Bertz CT molecular complexity index is 624. The van der Waals surface area contributed by atoms with Crippen molar-refractivity contribution in [3.05, 3.63) is 65.2 Å². The minimum absolute atomic E-state index is 0.119. The van der Waals surface area contributed by atoms with Crippen molar-refractivity contribution in [3.8, 4) is 0 Å². The Labute approximate surface area is 121 Å². The van der Waals surface area contributed by atoms with E-state index in [9.17, 15) is 13.6 Å². The van der Waals surface area contributed by atoms with Crippen molar-refractivity contribution in [3.63, 3.8) is 0 Å². The summed E-state index contributed by atoms with van der Waals surface area (Å²) in [4.78, 5) is 11.4. The number of halogens is 2. The van der Waals surface area contributed by atoms with Crippen molar-refractivity contribution in [1.82, 2.24) is 0 Å². The van der Waals surface area contributed by atoms with E-state index in [1.807, 2.05) is 0 Å². The van der Waals surface area contributed by atoms with Gasteiger partial charge < -0.3 is 10.1 Å². The molecule has 2 aromatic carbocycles. The van der Waals surface area contributed by atoms with Crippen LogP contribution in [0, 0.1) is 11.6 Å². The lowest BCUT2D eigenvalue weighted by Gasteiger charge is -2.12. The standard InChI is InChI=1S/C16H15F2NO2/c1-21-15(20)9-11-5-2-3-6-12(11)10-19-16-13(17)7-4-8-14(16)18/h2-8,19H,9-10H2,1H3. The zero-order chi connectivity index (χ0) is 15.2. The number of nitrogens with one attached hydrogen (secondary N) is 1. The summed E-state index contributed by atoms with van der Waals surface area (Å²) in [5, 5.41) is 2.73. The molecular formula is C16H15F2NO2. The van der Waals surface area contributed by atoms with Gasteiger partial charge in [0.25, 0.3) is 0 Å². The molecule has 0 saturated heterocycles. The molecule has 5 heteroatoms. The van der Waals surface area contributed by atoms with Crippen LogP contribution >= 0.6 is 0 Å². The molecule has 2 rings (SSSR count). The lowest BCUT2D eigenvalue weighted by molar-refractivity contribution is -0.139. The van der Waals surface area contributed by atoms with E-state index >= 15 is 0 Å². The smallest absolute Gasteiger partial charge is 0.309 e. The van der Waals surface area contributed by atoms with Gasteiger partial charge in [0.1, 0.15) is 17.3 Å². The molecule has 0 radical (unpaired) electrons. The summed E-state index contributed by atoms with van der Waals surface area (Å²) in [6.07, 6.45) is 0.119. The molecule has 0 unspecified atom stereocenters. The fourth-order valence-corrected chi connectivity index (χ4v) is 1.98. The fourth-order valence-electron chi connectivity index (χ4n) is 1.98. The molecule has 0 saturated carbocycles. The number of methoxy groups -OCH3 is 1. The molecule has 0 aromatic heterocycles. The predicted molar refractivity (Wildman–Crippen MR) is 75.8 cm³/mol. The van der Waals surface area contributed by atoms with Gasteiger partial charge in [-0.3, -0.25) is 4.79 Å². The Morgan fingerprint density at radius 1 is 1.05 bits per heavy atom. The molecule has 0 aliphatic rings. The third-order valence-electron chi connectivity index (χ3n) is 3.10. The Morgan fingerprint density at radius 3 is 2.29 bits per heavy atom. The average molecular weight is 291 g/mol. The second-order valence-corrected chi connectivity index (χ2v) is 4.47. The number of anilines is 1. The molecule has 0 aliphatic heterocycles. The van der Waals surface area contributed by atoms with E-state index in [0.29, 0.717) is 0 Å². The van der Waals surface area contributed by atoms with E-state index in [4.69, 9.17) is 0 Å². The molecule has 0 bridgehead atoms.